The molecular weight excluding hydrogens is 320 g/mol. The van der Waals surface area contributed by atoms with Crippen LogP contribution < -0.4 is 0 Å². The van der Waals surface area contributed by atoms with Gasteiger partial charge in [0.15, 0.2) is 0 Å². The zero-order valence-electron chi connectivity index (χ0n) is 15.1. The van der Waals surface area contributed by atoms with Gasteiger partial charge in [0.25, 0.3) is 5.91 Å². The fraction of sp³-hybridized carbons (Fsp3) is 0.667. The van der Waals surface area contributed by atoms with Gasteiger partial charge in [0, 0.05) is 38.3 Å². The topological polar surface area (TPSA) is 75.6 Å². The number of morpholine rings is 1. The average Bonchev–Trinajstić information content (AvgIpc) is 3.39. The van der Waals surface area contributed by atoms with E-state index in [0.29, 0.717) is 31.7 Å². The summed E-state index contributed by atoms with van der Waals surface area (Å²) in [6.45, 7) is 7.45. The molecule has 0 bridgehead atoms. The minimum absolute atomic E-state index is 0.0525. The van der Waals surface area contributed by atoms with Crippen molar-refractivity contribution in [3.63, 3.8) is 0 Å². The number of amides is 2. The smallest absolute Gasteiger partial charge is 0.274 e. The molecular formula is C18H26N4O3. The number of aromatic nitrogens is 2. The Balaban J connectivity index is 1.59. The fourth-order valence-electron chi connectivity index (χ4n) is 3.24. The van der Waals surface area contributed by atoms with Crippen LogP contribution in [0.3, 0.4) is 0 Å². The van der Waals surface area contributed by atoms with Crippen molar-refractivity contribution in [2.45, 2.75) is 58.3 Å². The molecule has 0 radical (unpaired) electrons. The van der Waals surface area contributed by atoms with Gasteiger partial charge in [-0.25, -0.2) is 4.98 Å². The van der Waals surface area contributed by atoms with Gasteiger partial charge in [0.05, 0.1) is 24.1 Å². The van der Waals surface area contributed by atoms with E-state index >= 15 is 0 Å². The van der Waals surface area contributed by atoms with Crippen molar-refractivity contribution in [3.8, 4) is 0 Å². The van der Waals surface area contributed by atoms with Gasteiger partial charge in [0.2, 0.25) is 5.91 Å². The molecule has 136 valence electrons. The van der Waals surface area contributed by atoms with E-state index in [0.717, 1.165) is 18.5 Å². The molecule has 7 heteroatoms. The molecule has 1 saturated carbocycles. The van der Waals surface area contributed by atoms with Crippen molar-refractivity contribution >= 4 is 11.8 Å². The number of ether oxygens (including phenoxy) is 1. The van der Waals surface area contributed by atoms with Gasteiger partial charge in [-0.05, 0) is 33.6 Å². The molecule has 0 aromatic carbocycles. The second-order valence-corrected chi connectivity index (χ2v) is 7.08. The van der Waals surface area contributed by atoms with Crippen LogP contribution in [0.15, 0.2) is 12.4 Å². The maximum absolute atomic E-state index is 12.7. The maximum atomic E-state index is 12.7. The third-order valence-electron chi connectivity index (χ3n) is 4.59. The minimum atomic E-state index is -0.133. The first-order valence-electron chi connectivity index (χ1n) is 8.97. The molecule has 2 amide bonds. The molecule has 1 aliphatic carbocycles. The van der Waals surface area contributed by atoms with Crippen LogP contribution in [0.5, 0.6) is 0 Å². The SMILES string of the molecule is Cc1cnc(C(=O)N(CCC(=O)N2CC(C)OC(C)C2)C2CC2)cn1. The van der Waals surface area contributed by atoms with E-state index < -0.39 is 0 Å². The number of aryl methyl sites for hydroxylation is 1. The van der Waals surface area contributed by atoms with Crippen LogP contribution >= 0.6 is 0 Å². The summed E-state index contributed by atoms with van der Waals surface area (Å²) in [6.07, 6.45) is 5.53. The van der Waals surface area contributed by atoms with Crippen LogP contribution in [-0.2, 0) is 9.53 Å². The summed E-state index contributed by atoms with van der Waals surface area (Å²) in [5.41, 5.74) is 1.12. The number of carbonyl (C=O) groups is 2. The zero-order valence-corrected chi connectivity index (χ0v) is 15.1. The van der Waals surface area contributed by atoms with Gasteiger partial charge >= 0.3 is 0 Å². The van der Waals surface area contributed by atoms with Crippen LogP contribution in [0, 0.1) is 6.92 Å². The van der Waals surface area contributed by atoms with Crippen LogP contribution in [0.25, 0.3) is 0 Å². The highest BCUT2D eigenvalue weighted by atomic mass is 16.5. The molecule has 1 aromatic heterocycles. The van der Waals surface area contributed by atoms with Gasteiger partial charge in [0.1, 0.15) is 5.69 Å². The number of carbonyl (C=O) groups excluding carboxylic acids is 2. The summed E-state index contributed by atoms with van der Waals surface area (Å²) in [5.74, 6) is -0.0537. The maximum Gasteiger partial charge on any atom is 0.274 e. The number of hydrogen-bond donors (Lipinski definition) is 0. The molecule has 1 saturated heterocycles. The highest BCUT2D eigenvalue weighted by molar-refractivity contribution is 5.92. The molecule has 3 rings (SSSR count). The Hall–Kier alpha value is -2.02. The van der Waals surface area contributed by atoms with Crippen molar-refractivity contribution in [1.29, 1.82) is 0 Å². The second kappa shape index (κ2) is 7.47. The highest BCUT2D eigenvalue weighted by Gasteiger charge is 2.34. The fourth-order valence-corrected chi connectivity index (χ4v) is 3.24. The van der Waals surface area contributed by atoms with Crippen LogP contribution in [0.2, 0.25) is 0 Å². The first kappa shape index (κ1) is 17.8. The van der Waals surface area contributed by atoms with Crippen LogP contribution in [0.4, 0.5) is 0 Å². The van der Waals surface area contributed by atoms with Crippen molar-refractivity contribution in [3.05, 3.63) is 23.8 Å². The van der Waals surface area contributed by atoms with Crippen LogP contribution in [0.1, 0.15) is 49.3 Å². The van der Waals surface area contributed by atoms with E-state index in [9.17, 15) is 9.59 Å². The number of hydrogen-bond acceptors (Lipinski definition) is 5. The Kier molecular flexibility index (Phi) is 5.32. The Bertz CT molecular complexity index is 620. The summed E-state index contributed by atoms with van der Waals surface area (Å²) in [4.78, 5) is 37.2. The lowest BCUT2D eigenvalue weighted by Gasteiger charge is -2.35. The lowest BCUT2D eigenvalue weighted by Crippen LogP contribution is -2.49. The van der Waals surface area contributed by atoms with Crippen LogP contribution in [-0.4, -0.2) is 69.5 Å². The highest BCUT2D eigenvalue weighted by Crippen LogP contribution is 2.28. The molecule has 2 atom stereocenters. The zero-order chi connectivity index (χ0) is 18.0. The van der Waals surface area contributed by atoms with E-state index in [1.165, 1.54) is 6.20 Å². The van der Waals surface area contributed by atoms with E-state index in [2.05, 4.69) is 9.97 Å². The Morgan fingerprint density at radius 1 is 1.20 bits per heavy atom. The quantitative estimate of drug-likeness (QED) is 0.806. The summed E-state index contributed by atoms with van der Waals surface area (Å²) in [7, 11) is 0. The van der Waals surface area contributed by atoms with Gasteiger partial charge in [-0.3, -0.25) is 14.6 Å². The van der Waals surface area contributed by atoms with Gasteiger partial charge in [-0.1, -0.05) is 0 Å². The third-order valence-corrected chi connectivity index (χ3v) is 4.59. The summed E-state index contributed by atoms with van der Waals surface area (Å²) in [6, 6.07) is 0.228. The molecule has 2 unspecified atom stereocenters. The lowest BCUT2D eigenvalue weighted by molar-refractivity contribution is -0.143. The molecule has 0 N–H and O–H groups in total. The van der Waals surface area contributed by atoms with E-state index in [4.69, 9.17) is 4.74 Å². The first-order chi connectivity index (χ1) is 11.9. The monoisotopic (exact) mass is 346 g/mol. The lowest BCUT2D eigenvalue weighted by atomic mass is 10.2. The predicted octanol–water partition coefficient (Wildman–Crippen LogP) is 1.42. The van der Waals surface area contributed by atoms with Crippen molar-refractivity contribution in [2.24, 2.45) is 0 Å². The van der Waals surface area contributed by atoms with Crippen molar-refractivity contribution in [2.75, 3.05) is 19.6 Å². The largest absolute Gasteiger partial charge is 0.372 e. The molecule has 1 aromatic rings. The summed E-state index contributed by atoms with van der Waals surface area (Å²) in [5, 5.41) is 0. The summed E-state index contributed by atoms with van der Waals surface area (Å²) < 4.78 is 5.67. The average molecular weight is 346 g/mol. The number of rotatable bonds is 5. The first-order valence-corrected chi connectivity index (χ1v) is 8.97. The third kappa shape index (κ3) is 4.54. The Morgan fingerprint density at radius 2 is 1.88 bits per heavy atom. The van der Waals surface area contributed by atoms with E-state index in [1.807, 2.05) is 25.7 Å². The Morgan fingerprint density at radius 3 is 2.44 bits per heavy atom. The van der Waals surface area contributed by atoms with E-state index in [-0.39, 0.29) is 30.1 Å². The molecule has 7 nitrogen and oxygen atoms in total. The molecule has 25 heavy (non-hydrogen) atoms. The van der Waals surface area contributed by atoms with Gasteiger partial charge in [-0.15, -0.1) is 0 Å². The normalized spacial score (nSPS) is 23.4. The molecule has 0 spiro atoms. The molecule has 2 aliphatic rings. The van der Waals surface area contributed by atoms with E-state index in [1.54, 1.807) is 11.1 Å². The predicted molar refractivity (Wildman–Crippen MR) is 92.0 cm³/mol. The van der Waals surface area contributed by atoms with Crippen molar-refractivity contribution in [1.82, 2.24) is 19.8 Å². The van der Waals surface area contributed by atoms with Crippen molar-refractivity contribution < 1.29 is 14.3 Å². The standard InChI is InChI=1S/C18H26N4O3/c1-12-8-20-16(9-19-12)18(24)22(15-4-5-15)7-6-17(23)21-10-13(2)25-14(3)11-21/h8-9,13-15H,4-7,10-11H2,1-3H3. The molecule has 1 aliphatic heterocycles. The summed E-state index contributed by atoms with van der Waals surface area (Å²) >= 11 is 0. The van der Waals surface area contributed by atoms with Gasteiger partial charge in [-0.2, -0.15) is 0 Å². The number of nitrogens with zero attached hydrogens (tertiary/aromatic N) is 4. The second-order valence-electron chi connectivity index (χ2n) is 7.08. The Labute approximate surface area is 148 Å². The molecule has 2 fully saturated rings. The molecule has 2 heterocycles. The van der Waals surface area contributed by atoms with Gasteiger partial charge < -0.3 is 14.5 Å². The minimum Gasteiger partial charge on any atom is -0.372 e.